The summed E-state index contributed by atoms with van der Waals surface area (Å²) >= 11 is 0. The predicted octanol–water partition coefficient (Wildman–Crippen LogP) is 3.23. The van der Waals surface area contributed by atoms with Gasteiger partial charge in [-0.1, -0.05) is 6.92 Å². The molecule has 2 rings (SSSR count). The number of carbonyl (C=O) groups excluding carboxylic acids is 1. The fourth-order valence-electron chi connectivity index (χ4n) is 2.03. The number of carbonyl (C=O) groups is 1. The monoisotopic (exact) mass is 384 g/mol. The predicted molar refractivity (Wildman–Crippen MR) is 92.9 cm³/mol. The molecule has 0 bridgehead atoms. The molecule has 2 aromatic rings. The zero-order valence-electron chi connectivity index (χ0n) is 13.9. The van der Waals surface area contributed by atoms with Crippen LogP contribution in [0.3, 0.4) is 0 Å². The number of ether oxygens (including phenoxy) is 1. The summed E-state index contributed by atoms with van der Waals surface area (Å²) in [6, 6.07) is 10.9. The highest BCUT2D eigenvalue weighted by atomic mass is 32.2. The number of anilines is 1. The number of hydrogen-bond donors (Lipinski definition) is 2. The van der Waals surface area contributed by atoms with Gasteiger partial charge in [0.25, 0.3) is 5.91 Å². The van der Waals surface area contributed by atoms with Gasteiger partial charge in [0.15, 0.2) is 0 Å². The second kappa shape index (κ2) is 8.72. The van der Waals surface area contributed by atoms with Crippen LogP contribution in [0.2, 0.25) is 0 Å². The van der Waals surface area contributed by atoms with Gasteiger partial charge in [-0.05, 0) is 55.0 Å². The van der Waals surface area contributed by atoms with Crippen LogP contribution in [0.4, 0.5) is 14.5 Å². The lowest BCUT2D eigenvalue weighted by atomic mass is 10.2. The van der Waals surface area contributed by atoms with Crippen molar-refractivity contribution in [1.29, 1.82) is 0 Å². The van der Waals surface area contributed by atoms with Gasteiger partial charge >= 0.3 is 6.61 Å². The summed E-state index contributed by atoms with van der Waals surface area (Å²) in [5, 5.41) is 2.60. The van der Waals surface area contributed by atoms with Crippen LogP contribution >= 0.6 is 0 Å². The highest BCUT2D eigenvalue weighted by molar-refractivity contribution is 7.89. The summed E-state index contributed by atoms with van der Waals surface area (Å²) < 4.78 is 54.8. The van der Waals surface area contributed by atoms with Gasteiger partial charge in [0.2, 0.25) is 10.0 Å². The lowest BCUT2D eigenvalue weighted by Crippen LogP contribution is -2.24. The van der Waals surface area contributed by atoms with Crippen molar-refractivity contribution < 1.29 is 26.7 Å². The Labute approximate surface area is 150 Å². The maximum absolute atomic E-state index is 12.1. The Balaban J connectivity index is 2.03. The highest BCUT2D eigenvalue weighted by Crippen LogP contribution is 2.17. The fraction of sp³-hybridized carbons (Fsp3) is 0.235. The van der Waals surface area contributed by atoms with Crippen LogP contribution in [-0.4, -0.2) is 27.5 Å². The Morgan fingerprint density at radius 1 is 1.08 bits per heavy atom. The topological polar surface area (TPSA) is 84.5 Å². The minimum absolute atomic E-state index is 0.0503. The summed E-state index contributed by atoms with van der Waals surface area (Å²) in [5.74, 6) is -0.515. The van der Waals surface area contributed by atoms with E-state index in [1.54, 1.807) is 0 Å². The smallest absolute Gasteiger partial charge is 0.387 e. The molecule has 0 atom stereocenters. The molecule has 0 aliphatic carbocycles. The van der Waals surface area contributed by atoms with E-state index in [9.17, 15) is 22.0 Å². The zero-order valence-corrected chi connectivity index (χ0v) is 14.7. The minimum atomic E-state index is -3.57. The van der Waals surface area contributed by atoms with Gasteiger partial charge in [0.05, 0.1) is 4.90 Å². The van der Waals surface area contributed by atoms with Crippen LogP contribution in [0.5, 0.6) is 5.75 Å². The minimum Gasteiger partial charge on any atom is -0.435 e. The maximum Gasteiger partial charge on any atom is 0.387 e. The van der Waals surface area contributed by atoms with Crippen molar-refractivity contribution in [3.8, 4) is 5.75 Å². The molecule has 0 aliphatic heterocycles. The van der Waals surface area contributed by atoms with E-state index in [0.717, 1.165) is 0 Å². The van der Waals surface area contributed by atoms with Crippen LogP contribution in [-0.2, 0) is 10.0 Å². The van der Waals surface area contributed by atoms with Crippen molar-refractivity contribution in [2.24, 2.45) is 0 Å². The molecule has 1 amide bonds. The molecule has 0 aromatic heterocycles. The molecule has 0 unspecified atom stereocenters. The number of alkyl halides is 2. The summed E-state index contributed by atoms with van der Waals surface area (Å²) in [5.41, 5.74) is 0.644. The van der Waals surface area contributed by atoms with E-state index < -0.39 is 22.5 Å². The van der Waals surface area contributed by atoms with Crippen molar-refractivity contribution in [2.75, 3.05) is 11.9 Å². The first-order chi connectivity index (χ1) is 12.3. The van der Waals surface area contributed by atoms with Crippen molar-refractivity contribution in [3.63, 3.8) is 0 Å². The first-order valence-corrected chi connectivity index (χ1v) is 9.26. The molecule has 140 valence electrons. The molecule has 0 saturated heterocycles. The first kappa shape index (κ1) is 19.8. The van der Waals surface area contributed by atoms with Crippen LogP contribution < -0.4 is 14.8 Å². The molecule has 0 radical (unpaired) electrons. The van der Waals surface area contributed by atoms with Crippen molar-refractivity contribution in [2.45, 2.75) is 24.9 Å². The Hall–Kier alpha value is -2.52. The van der Waals surface area contributed by atoms with E-state index >= 15 is 0 Å². The highest BCUT2D eigenvalue weighted by Gasteiger charge is 2.13. The lowest BCUT2D eigenvalue weighted by molar-refractivity contribution is -0.0498. The molecule has 0 heterocycles. The number of amides is 1. The molecule has 0 aliphatic rings. The van der Waals surface area contributed by atoms with Crippen LogP contribution in [0.1, 0.15) is 23.7 Å². The second-order valence-corrected chi connectivity index (χ2v) is 7.05. The van der Waals surface area contributed by atoms with Crippen LogP contribution in [0.15, 0.2) is 53.4 Å². The number of nitrogens with one attached hydrogen (secondary N) is 2. The summed E-state index contributed by atoms with van der Waals surface area (Å²) in [7, 11) is -3.57. The molecule has 26 heavy (non-hydrogen) atoms. The van der Waals surface area contributed by atoms with Gasteiger partial charge in [0, 0.05) is 17.8 Å². The molecule has 0 saturated carbocycles. The largest absolute Gasteiger partial charge is 0.435 e. The maximum atomic E-state index is 12.1. The first-order valence-electron chi connectivity index (χ1n) is 7.78. The standard InChI is InChI=1S/C17H18F2N2O4S/c1-2-11-20-26(23,24)15-9-5-13(6-10-15)21-16(22)12-3-7-14(8-4-12)25-17(18)19/h3-10,17,20H,2,11H2,1H3,(H,21,22). The average Bonchev–Trinajstić information content (AvgIpc) is 2.60. The molecule has 2 aromatic carbocycles. The normalized spacial score (nSPS) is 11.4. The summed E-state index contributed by atoms with van der Waals surface area (Å²) in [6.45, 7) is -0.740. The van der Waals surface area contributed by atoms with Crippen molar-refractivity contribution >= 4 is 21.6 Å². The number of sulfonamides is 1. The quantitative estimate of drug-likeness (QED) is 0.732. The second-order valence-electron chi connectivity index (χ2n) is 5.28. The number of halogens is 2. The fourth-order valence-corrected chi connectivity index (χ4v) is 3.16. The number of hydrogen-bond acceptors (Lipinski definition) is 4. The van der Waals surface area contributed by atoms with Crippen LogP contribution in [0, 0.1) is 0 Å². The van der Waals surface area contributed by atoms with E-state index in [1.807, 2.05) is 6.92 Å². The Morgan fingerprint density at radius 2 is 1.69 bits per heavy atom. The van der Waals surface area contributed by atoms with Gasteiger partial charge < -0.3 is 10.1 Å². The van der Waals surface area contributed by atoms with Gasteiger partial charge in [0.1, 0.15) is 5.75 Å². The number of rotatable bonds is 8. The van der Waals surface area contributed by atoms with E-state index in [0.29, 0.717) is 18.7 Å². The molecular formula is C17H18F2N2O4S. The lowest BCUT2D eigenvalue weighted by Gasteiger charge is -2.09. The summed E-state index contributed by atoms with van der Waals surface area (Å²) in [6.07, 6.45) is 0.675. The van der Waals surface area contributed by atoms with Gasteiger partial charge in [-0.15, -0.1) is 0 Å². The average molecular weight is 384 g/mol. The van der Waals surface area contributed by atoms with Crippen LogP contribution in [0.25, 0.3) is 0 Å². The third-order valence-electron chi connectivity index (χ3n) is 3.31. The van der Waals surface area contributed by atoms with E-state index in [2.05, 4.69) is 14.8 Å². The van der Waals surface area contributed by atoms with Crippen molar-refractivity contribution in [3.05, 3.63) is 54.1 Å². The van der Waals surface area contributed by atoms with Gasteiger partial charge in [-0.25, -0.2) is 13.1 Å². The molecule has 0 spiro atoms. The molecular weight excluding hydrogens is 366 g/mol. The van der Waals surface area contributed by atoms with Crippen molar-refractivity contribution in [1.82, 2.24) is 4.72 Å². The van der Waals surface area contributed by atoms with E-state index in [4.69, 9.17) is 0 Å². The Morgan fingerprint density at radius 3 is 2.23 bits per heavy atom. The molecule has 0 fully saturated rings. The van der Waals surface area contributed by atoms with Gasteiger partial charge in [-0.2, -0.15) is 8.78 Å². The third-order valence-corrected chi connectivity index (χ3v) is 4.78. The third kappa shape index (κ3) is 5.50. The molecule has 9 heteroatoms. The molecule has 6 nitrogen and oxygen atoms in total. The Bertz CT molecular complexity index is 838. The Kier molecular flexibility index (Phi) is 6.64. The van der Waals surface area contributed by atoms with Gasteiger partial charge in [-0.3, -0.25) is 4.79 Å². The number of benzene rings is 2. The molecule has 2 N–H and O–H groups in total. The zero-order chi connectivity index (χ0) is 19.2. The van der Waals surface area contributed by atoms with E-state index in [1.165, 1.54) is 48.5 Å². The van der Waals surface area contributed by atoms with E-state index in [-0.39, 0.29) is 16.2 Å². The SMILES string of the molecule is CCCNS(=O)(=O)c1ccc(NC(=O)c2ccc(OC(F)F)cc2)cc1. The summed E-state index contributed by atoms with van der Waals surface area (Å²) in [4.78, 5) is 12.2.